The van der Waals surface area contributed by atoms with Gasteiger partial charge in [-0.15, -0.1) is 22.9 Å². The van der Waals surface area contributed by atoms with Gasteiger partial charge in [-0.2, -0.15) is 0 Å². The van der Waals surface area contributed by atoms with Crippen LogP contribution < -0.4 is 0 Å². The average molecular weight is 434 g/mol. The molecule has 0 amide bonds. The largest absolute Gasteiger partial charge is 0.464 e. The molecule has 2 fully saturated rings. The van der Waals surface area contributed by atoms with Crippen LogP contribution in [0.3, 0.4) is 0 Å². The van der Waals surface area contributed by atoms with Crippen molar-refractivity contribution in [2.24, 2.45) is 11.8 Å². The lowest BCUT2D eigenvalue weighted by Gasteiger charge is -2.30. The number of rotatable bonds is 8. The standard InChI is InChI=1S/C19H28ClNO4S2/c1-3-12-13(7-9-26-19-21-15(11-27-19)18(22)23-2)14(20)10-16(12)25-17-6-4-5-8-24-17/h11-14,16-17H,3-10H2,1-2H3/t12-,13-,14-,16-,17?/m1/s1. The third-order valence-corrected chi connectivity index (χ3v) is 8.00. The lowest BCUT2D eigenvalue weighted by molar-refractivity contribution is -0.195. The lowest BCUT2D eigenvalue weighted by Crippen LogP contribution is -2.31. The summed E-state index contributed by atoms with van der Waals surface area (Å²) >= 11 is 9.87. The predicted molar refractivity (Wildman–Crippen MR) is 109 cm³/mol. The van der Waals surface area contributed by atoms with Gasteiger partial charge >= 0.3 is 5.97 Å². The summed E-state index contributed by atoms with van der Waals surface area (Å²) in [6.45, 7) is 3.03. The van der Waals surface area contributed by atoms with Crippen molar-refractivity contribution in [2.75, 3.05) is 19.5 Å². The molecule has 8 heteroatoms. The zero-order chi connectivity index (χ0) is 19.2. The number of thioether (sulfide) groups is 1. The Labute approximate surface area is 174 Å². The van der Waals surface area contributed by atoms with Crippen LogP contribution in [0, 0.1) is 11.8 Å². The number of carbonyl (C=O) groups excluding carboxylic acids is 1. The van der Waals surface area contributed by atoms with Crippen LogP contribution in [0.1, 0.15) is 55.9 Å². The molecule has 1 aliphatic heterocycles. The highest BCUT2D eigenvalue weighted by Gasteiger charge is 2.42. The Morgan fingerprint density at radius 3 is 3.00 bits per heavy atom. The van der Waals surface area contributed by atoms with Crippen molar-refractivity contribution < 1.29 is 19.0 Å². The monoisotopic (exact) mass is 433 g/mol. The van der Waals surface area contributed by atoms with Gasteiger partial charge in [-0.1, -0.05) is 25.1 Å². The van der Waals surface area contributed by atoms with Crippen LogP contribution >= 0.6 is 34.7 Å². The van der Waals surface area contributed by atoms with Gasteiger partial charge in [-0.05, 0) is 43.9 Å². The first-order valence-corrected chi connectivity index (χ1v) is 12.0. The number of esters is 1. The molecular weight excluding hydrogens is 406 g/mol. The molecule has 1 unspecified atom stereocenters. The van der Waals surface area contributed by atoms with Gasteiger partial charge in [0.25, 0.3) is 0 Å². The molecule has 2 aliphatic rings. The van der Waals surface area contributed by atoms with Gasteiger partial charge < -0.3 is 14.2 Å². The minimum Gasteiger partial charge on any atom is -0.464 e. The summed E-state index contributed by atoms with van der Waals surface area (Å²) in [5.41, 5.74) is 0.383. The van der Waals surface area contributed by atoms with E-state index in [-0.39, 0.29) is 23.7 Å². The Kier molecular flexibility index (Phi) is 8.26. The van der Waals surface area contributed by atoms with Gasteiger partial charge in [-0.3, -0.25) is 0 Å². The molecule has 5 nitrogen and oxygen atoms in total. The second kappa shape index (κ2) is 10.4. The van der Waals surface area contributed by atoms with Gasteiger partial charge in [0.2, 0.25) is 0 Å². The highest BCUT2D eigenvalue weighted by molar-refractivity contribution is 8.01. The summed E-state index contributed by atoms with van der Waals surface area (Å²) in [5, 5.41) is 1.89. The first kappa shape index (κ1) is 21.4. The summed E-state index contributed by atoms with van der Waals surface area (Å²) in [6.07, 6.45) is 6.44. The van der Waals surface area contributed by atoms with Crippen LogP contribution in [0.2, 0.25) is 0 Å². The van der Waals surface area contributed by atoms with E-state index in [1.54, 1.807) is 17.1 Å². The van der Waals surface area contributed by atoms with Crippen LogP contribution in [0.4, 0.5) is 0 Å². The van der Waals surface area contributed by atoms with E-state index in [4.69, 9.17) is 25.8 Å². The third kappa shape index (κ3) is 5.60. The fourth-order valence-corrected chi connectivity index (χ4v) is 6.45. The summed E-state index contributed by atoms with van der Waals surface area (Å²) in [6, 6.07) is 0. The fourth-order valence-electron chi connectivity index (χ4n) is 4.05. The molecule has 1 saturated carbocycles. The van der Waals surface area contributed by atoms with E-state index >= 15 is 0 Å². The van der Waals surface area contributed by atoms with Gasteiger partial charge in [0, 0.05) is 23.1 Å². The number of nitrogens with zero attached hydrogens (tertiary/aromatic N) is 1. The average Bonchev–Trinajstić information content (AvgIpc) is 3.27. The van der Waals surface area contributed by atoms with Gasteiger partial charge in [0.15, 0.2) is 16.3 Å². The highest BCUT2D eigenvalue weighted by Crippen LogP contribution is 2.43. The number of ether oxygens (including phenoxy) is 3. The van der Waals surface area contributed by atoms with E-state index in [1.165, 1.54) is 24.9 Å². The molecule has 0 N–H and O–H groups in total. The van der Waals surface area contributed by atoms with E-state index in [0.29, 0.717) is 17.5 Å². The molecule has 1 saturated heterocycles. The number of halogens is 1. The Morgan fingerprint density at radius 1 is 1.44 bits per heavy atom. The van der Waals surface area contributed by atoms with E-state index in [0.717, 1.165) is 48.8 Å². The maximum Gasteiger partial charge on any atom is 0.357 e. The molecule has 1 aromatic heterocycles. The van der Waals surface area contributed by atoms with Crippen molar-refractivity contribution in [3.63, 3.8) is 0 Å². The van der Waals surface area contributed by atoms with Gasteiger partial charge in [0.1, 0.15) is 0 Å². The van der Waals surface area contributed by atoms with E-state index in [2.05, 4.69) is 11.9 Å². The van der Waals surface area contributed by atoms with Gasteiger partial charge in [-0.25, -0.2) is 9.78 Å². The summed E-state index contributed by atoms with van der Waals surface area (Å²) < 4.78 is 17.7. The summed E-state index contributed by atoms with van der Waals surface area (Å²) in [4.78, 5) is 15.8. The molecule has 0 spiro atoms. The molecule has 2 heterocycles. The number of carbonyl (C=O) groups is 1. The fraction of sp³-hybridized carbons (Fsp3) is 0.789. The highest BCUT2D eigenvalue weighted by atomic mass is 35.5. The molecule has 1 aliphatic carbocycles. The minimum atomic E-state index is -0.384. The van der Waals surface area contributed by atoms with Crippen molar-refractivity contribution in [3.8, 4) is 0 Å². The SMILES string of the molecule is CC[C@@H]1[C@@H](CCSc2nc(C(=O)OC)cs2)[C@H](Cl)C[C@H]1OC1CCCCO1. The van der Waals surface area contributed by atoms with Crippen molar-refractivity contribution in [2.45, 2.75) is 67.6 Å². The van der Waals surface area contributed by atoms with Crippen LogP contribution in [0.15, 0.2) is 9.72 Å². The van der Waals surface area contributed by atoms with Crippen molar-refractivity contribution in [1.29, 1.82) is 0 Å². The van der Waals surface area contributed by atoms with Crippen molar-refractivity contribution >= 4 is 40.7 Å². The predicted octanol–water partition coefficient (Wildman–Crippen LogP) is 4.98. The maximum absolute atomic E-state index is 11.5. The zero-order valence-electron chi connectivity index (χ0n) is 15.9. The van der Waals surface area contributed by atoms with E-state index < -0.39 is 0 Å². The quantitative estimate of drug-likeness (QED) is 0.327. The molecule has 1 aromatic rings. The molecule has 3 rings (SSSR count). The molecule has 152 valence electrons. The number of hydrogen-bond donors (Lipinski definition) is 0. The minimum absolute atomic E-state index is 0.0538. The second-order valence-electron chi connectivity index (χ2n) is 7.09. The summed E-state index contributed by atoms with van der Waals surface area (Å²) in [7, 11) is 1.37. The van der Waals surface area contributed by atoms with E-state index in [9.17, 15) is 4.79 Å². The Morgan fingerprint density at radius 2 is 2.30 bits per heavy atom. The Balaban J connectivity index is 1.49. The van der Waals surface area contributed by atoms with Crippen LogP contribution in [0.5, 0.6) is 0 Å². The Bertz CT molecular complexity index is 608. The van der Waals surface area contributed by atoms with Crippen LogP contribution in [0.25, 0.3) is 0 Å². The number of methoxy groups -OCH3 is 1. The van der Waals surface area contributed by atoms with Crippen molar-refractivity contribution in [3.05, 3.63) is 11.1 Å². The molecule has 0 aromatic carbocycles. The smallest absolute Gasteiger partial charge is 0.357 e. The van der Waals surface area contributed by atoms with E-state index in [1.807, 2.05) is 0 Å². The molecule has 27 heavy (non-hydrogen) atoms. The zero-order valence-corrected chi connectivity index (χ0v) is 18.3. The summed E-state index contributed by atoms with van der Waals surface area (Å²) in [5.74, 6) is 1.47. The molecule has 5 atom stereocenters. The third-order valence-electron chi connectivity index (χ3n) is 5.44. The maximum atomic E-state index is 11.5. The molecule has 0 bridgehead atoms. The number of aromatic nitrogens is 1. The number of alkyl halides is 1. The topological polar surface area (TPSA) is 57.7 Å². The number of thiazole rings is 1. The first-order chi connectivity index (χ1) is 13.1. The first-order valence-electron chi connectivity index (χ1n) is 9.70. The van der Waals surface area contributed by atoms with Crippen molar-refractivity contribution in [1.82, 2.24) is 4.98 Å². The normalized spacial score (nSPS) is 31.1. The Hall–Kier alpha value is -0.340. The second-order valence-corrected chi connectivity index (χ2v) is 9.85. The molecule has 0 radical (unpaired) electrons. The lowest BCUT2D eigenvalue weighted by atomic mass is 9.90. The molecular formula is C19H28ClNO4S2. The van der Waals surface area contributed by atoms with Crippen LogP contribution in [-0.2, 0) is 14.2 Å². The number of hydrogen-bond acceptors (Lipinski definition) is 7. The van der Waals surface area contributed by atoms with Crippen LogP contribution in [-0.4, -0.2) is 48.2 Å². The van der Waals surface area contributed by atoms with Gasteiger partial charge in [0.05, 0.1) is 13.2 Å².